The molecule has 0 saturated heterocycles. The number of hydrogen-bond donors (Lipinski definition) is 1. The normalized spacial score (nSPS) is 12.3. The van der Waals surface area contributed by atoms with Crippen LogP contribution in [0.2, 0.25) is 5.02 Å². The predicted molar refractivity (Wildman–Crippen MR) is 172 cm³/mol. The van der Waals surface area contributed by atoms with E-state index >= 15 is 0 Å². The van der Waals surface area contributed by atoms with E-state index in [1.807, 2.05) is 13.0 Å². The van der Waals surface area contributed by atoms with Gasteiger partial charge in [-0.15, -0.1) is 0 Å². The van der Waals surface area contributed by atoms with E-state index in [0.29, 0.717) is 33.9 Å². The maximum absolute atomic E-state index is 14.4. The first-order chi connectivity index (χ1) is 21.9. The Labute approximate surface area is 271 Å². The van der Waals surface area contributed by atoms with Gasteiger partial charge in [-0.25, -0.2) is 8.42 Å². The Morgan fingerprint density at radius 1 is 0.848 bits per heavy atom. The second-order valence-corrected chi connectivity index (χ2v) is 12.8. The van der Waals surface area contributed by atoms with E-state index in [4.69, 9.17) is 11.6 Å². The summed E-state index contributed by atoms with van der Waals surface area (Å²) in [6, 6.07) is 25.4. The molecule has 4 rings (SSSR count). The summed E-state index contributed by atoms with van der Waals surface area (Å²) in [5.41, 5.74) is -0.0755. The number of amides is 2. The van der Waals surface area contributed by atoms with Crippen molar-refractivity contribution in [1.82, 2.24) is 10.2 Å². The summed E-state index contributed by atoms with van der Waals surface area (Å²) in [7, 11) is -4.54. The SMILES string of the molecule is CCCNC(=O)C(Cc1ccccc1)N(Cc1ccc(Cl)cc1)C(=O)CN(c1cccc(C(F)(F)F)c1)S(=O)(=O)c1ccccc1. The standard InChI is InChI=1S/C34H33ClF3N3O4S/c1-2-20-39-33(43)31(21-25-10-5-3-6-11-25)40(23-26-16-18-28(35)19-17-26)32(42)24-41(46(44,45)30-14-7-4-8-15-30)29-13-9-12-27(22-29)34(36,37)38/h3-19,22,31H,2,20-21,23-24H2,1H3,(H,39,43). The Balaban J connectivity index is 1.82. The fourth-order valence-corrected chi connectivity index (χ4v) is 6.35. The molecule has 0 aromatic heterocycles. The molecule has 2 amide bonds. The van der Waals surface area contributed by atoms with Crippen molar-refractivity contribution < 1.29 is 31.2 Å². The minimum Gasteiger partial charge on any atom is -0.354 e. The number of carbonyl (C=O) groups excluding carboxylic acids is 2. The van der Waals surface area contributed by atoms with Crippen LogP contribution >= 0.6 is 11.6 Å². The summed E-state index contributed by atoms with van der Waals surface area (Å²) in [6.07, 6.45) is -4.03. The molecule has 4 aromatic carbocycles. The summed E-state index contributed by atoms with van der Waals surface area (Å²) in [6.45, 7) is 1.24. The second kappa shape index (κ2) is 15.3. The molecule has 0 radical (unpaired) electrons. The van der Waals surface area contributed by atoms with Gasteiger partial charge in [0.25, 0.3) is 10.0 Å². The van der Waals surface area contributed by atoms with Crippen molar-refractivity contribution >= 4 is 39.1 Å². The highest BCUT2D eigenvalue weighted by molar-refractivity contribution is 7.92. The number of halogens is 4. The molecule has 4 aromatic rings. The van der Waals surface area contributed by atoms with Gasteiger partial charge in [-0.1, -0.05) is 85.3 Å². The second-order valence-electron chi connectivity index (χ2n) is 10.5. The monoisotopic (exact) mass is 671 g/mol. The summed E-state index contributed by atoms with van der Waals surface area (Å²) in [5.74, 6) is -1.25. The number of hydrogen-bond acceptors (Lipinski definition) is 4. The zero-order chi connectivity index (χ0) is 33.3. The minimum absolute atomic E-state index is 0.102. The number of sulfonamides is 1. The molecule has 1 unspecified atom stereocenters. The minimum atomic E-state index is -4.76. The Morgan fingerprint density at radius 3 is 2.09 bits per heavy atom. The van der Waals surface area contributed by atoms with Crippen molar-refractivity contribution in [2.45, 2.75) is 43.4 Å². The van der Waals surface area contributed by atoms with Gasteiger partial charge >= 0.3 is 6.18 Å². The van der Waals surface area contributed by atoms with Crippen molar-refractivity contribution in [2.24, 2.45) is 0 Å². The molecule has 0 heterocycles. The lowest BCUT2D eigenvalue weighted by Gasteiger charge is -2.34. The molecule has 0 spiro atoms. The number of carbonyl (C=O) groups is 2. The quantitative estimate of drug-likeness (QED) is 0.171. The molecular formula is C34H33ClF3N3O4S. The van der Waals surface area contributed by atoms with E-state index in [-0.39, 0.29) is 23.5 Å². The summed E-state index contributed by atoms with van der Waals surface area (Å²) in [5, 5.41) is 3.29. The molecule has 1 atom stereocenters. The summed E-state index contributed by atoms with van der Waals surface area (Å²) in [4.78, 5) is 29.1. The fraction of sp³-hybridized carbons (Fsp3) is 0.235. The Morgan fingerprint density at radius 2 is 1.48 bits per heavy atom. The van der Waals surface area contributed by atoms with E-state index in [0.717, 1.165) is 17.7 Å². The van der Waals surface area contributed by atoms with Gasteiger partial charge in [-0.05, 0) is 60.0 Å². The van der Waals surface area contributed by atoms with Crippen molar-refractivity contribution in [1.29, 1.82) is 0 Å². The number of benzene rings is 4. The highest BCUT2D eigenvalue weighted by Crippen LogP contribution is 2.33. The van der Waals surface area contributed by atoms with E-state index in [2.05, 4.69) is 5.32 Å². The first-order valence-electron chi connectivity index (χ1n) is 14.5. The Hall–Kier alpha value is -4.35. The van der Waals surface area contributed by atoms with Crippen LogP contribution in [0.5, 0.6) is 0 Å². The maximum Gasteiger partial charge on any atom is 0.416 e. The molecule has 7 nitrogen and oxygen atoms in total. The number of alkyl halides is 3. The molecular weight excluding hydrogens is 639 g/mol. The third-order valence-corrected chi connectivity index (χ3v) is 9.20. The molecule has 0 fully saturated rings. The van der Waals surface area contributed by atoms with E-state index in [1.54, 1.807) is 54.6 Å². The highest BCUT2D eigenvalue weighted by atomic mass is 35.5. The molecule has 242 valence electrons. The average molecular weight is 672 g/mol. The van der Waals surface area contributed by atoms with Crippen molar-refractivity contribution in [3.05, 3.63) is 131 Å². The third-order valence-electron chi connectivity index (χ3n) is 7.16. The van der Waals surface area contributed by atoms with Crippen molar-refractivity contribution in [3.63, 3.8) is 0 Å². The molecule has 0 bridgehead atoms. The van der Waals surface area contributed by atoms with Crippen LogP contribution in [0.25, 0.3) is 0 Å². The number of rotatable bonds is 13. The third kappa shape index (κ3) is 8.88. The fourth-order valence-electron chi connectivity index (χ4n) is 4.79. The number of anilines is 1. The molecule has 0 saturated carbocycles. The zero-order valence-electron chi connectivity index (χ0n) is 25.0. The van der Waals surface area contributed by atoms with Crippen LogP contribution in [0.1, 0.15) is 30.0 Å². The van der Waals surface area contributed by atoms with Gasteiger partial charge in [-0.3, -0.25) is 13.9 Å². The van der Waals surface area contributed by atoms with E-state index in [1.165, 1.54) is 35.2 Å². The first kappa shape index (κ1) is 34.5. The highest BCUT2D eigenvalue weighted by Gasteiger charge is 2.36. The lowest BCUT2D eigenvalue weighted by Crippen LogP contribution is -2.53. The van der Waals surface area contributed by atoms with Crippen LogP contribution in [0.15, 0.2) is 114 Å². The average Bonchev–Trinajstić information content (AvgIpc) is 3.05. The van der Waals surface area contributed by atoms with Gasteiger partial charge in [0.2, 0.25) is 11.8 Å². The van der Waals surface area contributed by atoms with Gasteiger partial charge in [0.15, 0.2) is 0 Å². The van der Waals surface area contributed by atoms with Gasteiger partial charge < -0.3 is 10.2 Å². The molecule has 46 heavy (non-hydrogen) atoms. The van der Waals surface area contributed by atoms with Crippen LogP contribution in [0.4, 0.5) is 18.9 Å². The Bertz CT molecular complexity index is 1720. The zero-order valence-corrected chi connectivity index (χ0v) is 26.5. The van der Waals surface area contributed by atoms with Gasteiger partial charge in [0.1, 0.15) is 12.6 Å². The Kier molecular flexibility index (Phi) is 11.5. The van der Waals surface area contributed by atoms with Crippen LogP contribution in [0.3, 0.4) is 0 Å². The first-order valence-corrected chi connectivity index (χ1v) is 16.3. The van der Waals surface area contributed by atoms with Crippen LogP contribution in [-0.4, -0.2) is 44.3 Å². The van der Waals surface area contributed by atoms with E-state index in [9.17, 15) is 31.2 Å². The molecule has 1 N–H and O–H groups in total. The molecule has 0 aliphatic heterocycles. The smallest absolute Gasteiger partial charge is 0.354 e. The lowest BCUT2D eigenvalue weighted by atomic mass is 10.0. The van der Waals surface area contributed by atoms with Crippen LogP contribution in [0, 0.1) is 0 Å². The van der Waals surface area contributed by atoms with Crippen LogP contribution in [-0.2, 0) is 38.8 Å². The topological polar surface area (TPSA) is 86.8 Å². The van der Waals surface area contributed by atoms with Gasteiger partial charge in [-0.2, -0.15) is 13.2 Å². The van der Waals surface area contributed by atoms with Crippen molar-refractivity contribution in [2.75, 3.05) is 17.4 Å². The molecule has 0 aliphatic carbocycles. The largest absolute Gasteiger partial charge is 0.416 e. The lowest BCUT2D eigenvalue weighted by molar-refractivity contribution is -0.140. The molecule has 12 heteroatoms. The predicted octanol–water partition coefficient (Wildman–Crippen LogP) is 6.72. The molecule has 0 aliphatic rings. The van der Waals surface area contributed by atoms with Gasteiger partial charge in [0, 0.05) is 24.5 Å². The summed E-state index contributed by atoms with van der Waals surface area (Å²) < 4.78 is 69.7. The van der Waals surface area contributed by atoms with Gasteiger partial charge in [0.05, 0.1) is 16.1 Å². The van der Waals surface area contributed by atoms with Crippen LogP contribution < -0.4 is 9.62 Å². The van der Waals surface area contributed by atoms with E-state index < -0.39 is 46.2 Å². The summed E-state index contributed by atoms with van der Waals surface area (Å²) >= 11 is 6.08. The van der Waals surface area contributed by atoms with Crippen molar-refractivity contribution in [3.8, 4) is 0 Å². The maximum atomic E-state index is 14.4. The number of nitrogens with zero attached hydrogens (tertiary/aromatic N) is 2. The number of nitrogens with one attached hydrogen (secondary N) is 1.